The minimum absolute atomic E-state index is 0.0570. The first kappa shape index (κ1) is 32.3. The molecule has 4 aliphatic rings. The molecule has 3 aromatic rings. The highest BCUT2D eigenvalue weighted by molar-refractivity contribution is 6.32. The normalized spacial score (nSPS) is 27.7. The summed E-state index contributed by atoms with van der Waals surface area (Å²) >= 11 is 6.06. The van der Waals surface area contributed by atoms with Gasteiger partial charge < -0.3 is 14.9 Å². The number of carboxylic acids is 1. The van der Waals surface area contributed by atoms with Crippen LogP contribution in [0.15, 0.2) is 78.4 Å². The second-order valence-corrected chi connectivity index (χ2v) is 13.4. The van der Waals surface area contributed by atoms with Gasteiger partial charge in [0.2, 0.25) is 23.6 Å². The van der Waals surface area contributed by atoms with Gasteiger partial charge in [0.25, 0.3) is 0 Å². The van der Waals surface area contributed by atoms with Crippen LogP contribution in [0, 0.1) is 40.8 Å². The van der Waals surface area contributed by atoms with E-state index in [9.17, 15) is 38.6 Å². The summed E-state index contributed by atoms with van der Waals surface area (Å²) in [5.74, 6) is -7.54. The lowest BCUT2D eigenvalue weighted by atomic mass is 9.52. The molecule has 1 saturated carbocycles. The summed E-state index contributed by atoms with van der Waals surface area (Å²) in [4.78, 5) is 70.5. The fraction of sp³-hybridized carbons (Fsp3) is 0.270. The third-order valence-corrected chi connectivity index (χ3v) is 10.8. The van der Waals surface area contributed by atoms with E-state index in [0.29, 0.717) is 5.56 Å². The van der Waals surface area contributed by atoms with Crippen molar-refractivity contribution in [2.45, 2.75) is 19.8 Å². The summed E-state index contributed by atoms with van der Waals surface area (Å²) in [5, 5.41) is 19.4. The minimum atomic E-state index is -1.33. The standard InChI is InChI=1S/C37H30ClFN2O8/c1-37-25(11-6-18-7-13-29(42)30(14-18)49-2)22-9-10-23-31(34(45)40(32(23)43)20-5-3-4-19(15-20)35(46)47)24(22)17-26(37)33(44)41(36(37)48)21-8-12-28(39)27(38)16-21/h3-9,11-16,23-26,31,42H,10,17H2,1-2H3,(H,46,47)/t23-,24+,25-,26-,31-,37-/m0/s1. The number of ether oxygens (including phenoxy) is 1. The summed E-state index contributed by atoms with van der Waals surface area (Å²) in [5.41, 5.74) is 0.245. The van der Waals surface area contributed by atoms with E-state index in [0.717, 1.165) is 21.4 Å². The third kappa shape index (κ3) is 4.86. The number of methoxy groups -OCH3 is 1. The highest BCUT2D eigenvalue weighted by Gasteiger charge is 2.67. The number of carbonyl (C=O) groups is 5. The Bertz CT molecular complexity index is 2040. The fourth-order valence-corrected chi connectivity index (χ4v) is 8.30. The van der Waals surface area contributed by atoms with Crippen molar-refractivity contribution in [2.24, 2.45) is 35.0 Å². The van der Waals surface area contributed by atoms with E-state index >= 15 is 0 Å². The van der Waals surface area contributed by atoms with Crippen molar-refractivity contribution < 1.29 is 43.3 Å². The number of phenols is 1. The molecule has 2 aliphatic carbocycles. The van der Waals surface area contributed by atoms with Crippen molar-refractivity contribution in [2.75, 3.05) is 16.9 Å². The van der Waals surface area contributed by atoms with Crippen LogP contribution in [-0.2, 0) is 19.2 Å². The van der Waals surface area contributed by atoms with Crippen LogP contribution < -0.4 is 14.5 Å². The average molecular weight is 685 g/mol. The average Bonchev–Trinajstić information content (AvgIpc) is 3.45. The Morgan fingerprint density at radius 1 is 0.980 bits per heavy atom. The number of halogens is 2. The van der Waals surface area contributed by atoms with Crippen LogP contribution in [0.2, 0.25) is 5.02 Å². The molecule has 2 N–H and O–H groups in total. The van der Waals surface area contributed by atoms with Crippen LogP contribution in [0.5, 0.6) is 11.5 Å². The minimum Gasteiger partial charge on any atom is -0.504 e. The molecular weight excluding hydrogens is 655 g/mol. The van der Waals surface area contributed by atoms with E-state index in [2.05, 4.69) is 0 Å². The van der Waals surface area contributed by atoms with Gasteiger partial charge >= 0.3 is 5.97 Å². The van der Waals surface area contributed by atoms with Gasteiger partial charge in [-0.15, -0.1) is 0 Å². The second kappa shape index (κ2) is 11.7. The highest BCUT2D eigenvalue weighted by atomic mass is 35.5. The lowest BCUT2D eigenvalue weighted by molar-refractivity contribution is -0.132. The maximum Gasteiger partial charge on any atom is 0.335 e. The first-order valence-corrected chi connectivity index (χ1v) is 16.0. The van der Waals surface area contributed by atoms with Gasteiger partial charge in [0, 0.05) is 5.92 Å². The lowest BCUT2D eigenvalue weighted by Crippen LogP contribution is -2.49. The van der Waals surface area contributed by atoms with Crippen molar-refractivity contribution in [3.8, 4) is 11.5 Å². The van der Waals surface area contributed by atoms with Gasteiger partial charge in [-0.05, 0) is 79.8 Å². The molecule has 12 heteroatoms. The predicted molar refractivity (Wildman–Crippen MR) is 176 cm³/mol. The molecule has 3 fully saturated rings. The molecular formula is C37H30ClFN2O8. The molecule has 0 spiro atoms. The Morgan fingerprint density at radius 3 is 2.45 bits per heavy atom. The van der Waals surface area contributed by atoms with Gasteiger partial charge in [-0.25, -0.2) is 14.1 Å². The van der Waals surface area contributed by atoms with Crippen molar-refractivity contribution in [1.29, 1.82) is 0 Å². The summed E-state index contributed by atoms with van der Waals surface area (Å²) < 4.78 is 19.4. The van der Waals surface area contributed by atoms with Gasteiger partial charge in [-0.1, -0.05) is 47.5 Å². The largest absolute Gasteiger partial charge is 0.504 e. The quantitative estimate of drug-likeness (QED) is 0.243. The summed E-state index contributed by atoms with van der Waals surface area (Å²) in [6.07, 6.45) is 5.74. The number of carbonyl (C=O) groups excluding carboxylic acids is 4. The number of benzene rings is 3. The van der Waals surface area contributed by atoms with Crippen LogP contribution in [0.25, 0.3) is 6.08 Å². The van der Waals surface area contributed by atoms with E-state index < -0.39 is 70.4 Å². The molecule has 0 radical (unpaired) electrons. The van der Waals surface area contributed by atoms with Crippen LogP contribution in [0.1, 0.15) is 35.7 Å². The smallest absolute Gasteiger partial charge is 0.335 e. The van der Waals surface area contributed by atoms with Crippen molar-refractivity contribution in [1.82, 2.24) is 0 Å². The predicted octanol–water partition coefficient (Wildman–Crippen LogP) is 5.87. The number of imide groups is 2. The van der Waals surface area contributed by atoms with E-state index in [-0.39, 0.29) is 46.3 Å². The molecule has 3 aromatic carbocycles. The van der Waals surface area contributed by atoms with Crippen molar-refractivity contribution in [3.05, 3.63) is 100 Å². The van der Waals surface area contributed by atoms with Gasteiger partial charge in [0.05, 0.1) is 52.2 Å². The van der Waals surface area contributed by atoms with Crippen molar-refractivity contribution in [3.63, 3.8) is 0 Å². The molecule has 0 unspecified atom stereocenters. The molecule has 7 rings (SSSR count). The molecule has 4 amide bonds. The van der Waals surface area contributed by atoms with Crippen LogP contribution in [0.3, 0.4) is 0 Å². The monoisotopic (exact) mass is 684 g/mol. The van der Waals surface area contributed by atoms with Gasteiger partial charge in [-0.2, -0.15) is 0 Å². The molecule has 2 heterocycles. The Balaban J connectivity index is 1.33. The number of hydrogen-bond donors (Lipinski definition) is 2. The van der Waals surface area contributed by atoms with Gasteiger partial charge in [0.1, 0.15) is 5.82 Å². The van der Waals surface area contributed by atoms with Gasteiger partial charge in [-0.3, -0.25) is 24.1 Å². The lowest BCUT2D eigenvalue weighted by Gasteiger charge is -2.47. The zero-order chi connectivity index (χ0) is 34.9. The Hall–Kier alpha value is -5.29. The number of hydrogen-bond acceptors (Lipinski definition) is 7. The topological polar surface area (TPSA) is 142 Å². The number of rotatable bonds is 6. The Morgan fingerprint density at radius 2 is 1.73 bits per heavy atom. The number of amides is 4. The molecule has 0 bridgehead atoms. The number of carboxylic acid groups (broad SMARTS) is 1. The number of aromatic carboxylic acids is 1. The number of aromatic hydroxyl groups is 1. The maximum atomic E-state index is 14.5. The molecule has 10 nitrogen and oxygen atoms in total. The number of allylic oxidation sites excluding steroid dienone is 3. The Labute approximate surface area is 285 Å². The van der Waals surface area contributed by atoms with Gasteiger partial charge in [0.15, 0.2) is 11.5 Å². The van der Waals surface area contributed by atoms with E-state index in [1.165, 1.54) is 49.6 Å². The van der Waals surface area contributed by atoms with E-state index in [1.807, 2.05) is 6.08 Å². The molecule has 2 aliphatic heterocycles. The molecule has 6 atom stereocenters. The molecule has 2 saturated heterocycles. The summed E-state index contributed by atoms with van der Waals surface area (Å²) in [6.45, 7) is 1.71. The fourth-order valence-electron chi connectivity index (χ4n) is 8.13. The second-order valence-electron chi connectivity index (χ2n) is 13.0. The number of fused-ring (bicyclic) bond motifs is 4. The van der Waals surface area contributed by atoms with E-state index in [4.69, 9.17) is 16.3 Å². The summed E-state index contributed by atoms with van der Waals surface area (Å²) in [7, 11) is 1.42. The van der Waals surface area contributed by atoms with E-state index in [1.54, 1.807) is 31.2 Å². The highest BCUT2D eigenvalue weighted by Crippen LogP contribution is 2.61. The first-order chi connectivity index (χ1) is 23.4. The van der Waals surface area contributed by atoms with Crippen LogP contribution >= 0.6 is 11.6 Å². The zero-order valence-electron chi connectivity index (χ0n) is 26.3. The third-order valence-electron chi connectivity index (χ3n) is 10.5. The molecule has 250 valence electrons. The molecule has 49 heavy (non-hydrogen) atoms. The Kier molecular flexibility index (Phi) is 7.70. The number of nitrogens with zero attached hydrogens (tertiary/aromatic N) is 2. The van der Waals surface area contributed by atoms with Crippen LogP contribution in [-0.4, -0.2) is 46.9 Å². The maximum absolute atomic E-state index is 14.5. The van der Waals surface area contributed by atoms with Crippen molar-refractivity contribution >= 4 is 58.6 Å². The van der Waals surface area contributed by atoms with Crippen LogP contribution in [0.4, 0.5) is 15.8 Å². The number of phenolic OH excluding ortho intramolecular Hbond substituents is 1. The molecule has 0 aromatic heterocycles. The summed E-state index contributed by atoms with van der Waals surface area (Å²) in [6, 6.07) is 14.0. The zero-order valence-corrected chi connectivity index (χ0v) is 27.1. The number of anilines is 2. The SMILES string of the molecule is COc1cc(C=C[C@H]2C3=CC[C@@H]4C(=O)N(c5cccc(C(=O)O)c5)C(=O)[C@@H]4[C@@H]3C[C@H]3C(=O)N(c4ccc(F)c(Cl)c4)C(=O)[C@@]23C)ccc1O. The first-order valence-electron chi connectivity index (χ1n) is 15.7.